The third kappa shape index (κ3) is 5.82. The molecule has 126 valence electrons. The molecule has 0 aliphatic heterocycles. The lowest BCUT2D eigenvalue weighted by Gasteiger charge is -2.10. The van der Waals surface area contributed by atoms with E-state index in [1.807, 2.05) is 0 Å². The van der Waals surface area contributed by atoms with Gasteiger partial charge in [-0.3, -0.25) is 0 Å². The van der Waals surface area contributed by atoms with E-state index >= 15 is 0 Å². The second-order valence-electron chi connectivity index (χ2n) is 7.45. The summed E-state index contributed by atoms with van der Waals surface area (Å²) in [7, 11) is 0. The Kier molecular flexibility index (Phi) is 8.12. The number of rotatable bonds is 11. The highest BCUT2D eigenvalue weighted by Gasteiger charge is 2.15. The van der Waals surface area contributed by atoms with Crippen LogP contribution in [0.2, 0.25) is 0 Å². The molecule has 0 aromatic carbocycles. The van der Waals surface area contributed by atoms with Crippen molar-refractivity contribution in [2.75, 3.05) is 0 Å². The molecule has 0 radical (unpaired) electrons. The number of nitrogens with one attached hydrogen (secondary N) is 1. The fraction of sp³-hybridized carbons (Fsp3) is 0.810. The molecule has 1 aromatic rings. The fourth-order valence-corrected chi connectivity index (χ4v) is 3.81. The van der Waals surface area contributed by atoms with Crippen molar-refractivity contribution in [1.29, 1.82) is 0 Å². The summed E-state index contributed by atoms with van der Waals surface area (Å²) in [6.45, 7) is 4.70. The summed E-state index contributed by atoms with van der Waals surface area (Å²) in [6, 6.07) is 2.47. The molecule has 0 saturated carbocycles. The molecule has 0 saturated heterocycles. The Morgan fingerprint density at radius 2 is 1.55 bits per heavy atom. The van der Waals surface area contributed by atoms with Crippen LogP contribution in [0, 0.1) is 0 Å². The van der Waals surface area contributed by atoms with E-state index in [0.29, 0.717) is 0 Å². The van der Waals surface area contributed by atoms with Crippen LogP contribution in [0.15, 0.2) is 6.07 Å². The van der Waals surface area contributed by atoms with E-state index in [4.69, 9.17) is 0 Å². The molecule has 0 bridgehead atoms. The van der Waals surface area contributed by atoms with E-state index < -0.39 is 0 Å². The van der Waals surface area contributed by atoms with Gasteiger partial charge in [0.15, 0.2) is 0 Å². The fourth-order valence-electron chi connectivity index (χ4n) is 3.81. The van der Waals surface area contributed by atoms with Gasteiger partial charge in [-0.1, -0.05) is 71.6 Å². The van der Waals surface area contributed by atoms with Crippen LogP contribution >= 0.6 is 0 Å². The van der Waals surface area contributed by atoms with Crippen LogP contribution in [0.5, 0.6) is 0 Å². The van der Waals surface area contributed by atoms with E-state index in [1.165, 1.54) is 95.6 Å². The van der Waals surface area contributed by atoms with Crippen molar-refractivity contribution >= 4 is 0 Å². The topological polar surface area (TPSA) is 15.8 Å². The van der Waals surface area contributed by atoms with Crippen LogP contribution in [0.25, 0.3) is 0 Å². The Hall–Kier alpha value is -0.720. The Balaban J connectivity index is 1.54. The maximum Gasteiger partial charge on any atom is 0.0181 e. The Labute approximate surface area is 138 Å². The predicted octanol–water partition coefficient (Wildman–Crippen LogP) is 6.92. The first kappa shape index (κ1) is 17.6. The number of aryl methyl sites for hydroxylation is 2. The molecule has 1 aromatic heterocycles. The molecule has 0 spiro atoms. The SMILES string of the molecule is CCCCCCCCCCCC(C)c1cc2c([nH]1)CCCC2. The Bertz CT molecular complexity index is 381. The maximum atomic E-state index is 3.71. The summed E-state index contributed by atoms with van der Waals surface area (Å²) in [5, 5.41) is 0. The van der Waals surface area contributed by atoms with Gasteiger partial charge in [-0.25, -0.2) is 0 Å². The summed E-state index contributed by atoms with van der Waals surface area (Å²) in [5.74, 6) is 0.718. The molecule has 1 N–H and O–H groups in total. The van der Waals surface area contributed by atoms with Gasteiger partial charge in [0.2, 0.25) is 0 Å². The Morgan fingerprint density at radius 3 is 2.23 bits per heavy atom. The second kappa shape index (κ2) is 10.1. The molecule has 0 amide bonds. The molecule has 0 fully saturated rings. The highest BCUT2D eigenvalue weighted by atomic mass is 14.7. The molecule has 1 unspecified atom stereocenters. The minimum absolute atomic E-state index is 0.718. The predicted molar refractivity (Wildman–Crippen MR) is 97.7 cm³/mol. The third-order valence-electron chi connectivity index (χ3n) is 5.41. The number of fused-ring (bicyclic) bond motifs is 1. The van der Waals surface area contributed by atoms with Gasteiger partial charge in [-0.15, -0.1) is 0 Å². The van der Waals surface area contributed by atoms with Crippen LogP contribution < -0.4 is 0 Å². The van der Waals surface area contributed by atoms with Gasteiger partial charge >= 0.3 is 0 Å². The maximum absolute atomic E-state index is 3.71. The Morgan fingerprint density at radius 1 is 0.909 bits per heavy atom. The van der Waals surface area contributed by atoms with E-state index in [1.54, 1.807) is 11.3 Å². The van der Waals surface area contributed by atoms with Crippen molar-refractivity contribution in [3.05, 3.63) is 23.0 Å². The zero-order valence-electron chi connectivity index (χ0n) is 15.1. The van der Waals surface area contributed by atoms with Crippen LogP contribution in [0.3, 0.4) is 0 Å². The summed E-state index contributed by atoms with van der Waals surface area (Å²) in [4.78, 5) is 3.71. The number of hydrogen-bond donors (Lipinski definition) is 1. The minimum atomic E-state index is 0.718. The van der Waals surface area contributed by atoms with E-state index in [2.05, 4.69) is 24.9 Å². The first-order chi connectivity index (χ1) is 10.8. The monoisotopic (exact) mass is 303 g/mol. The summed E-state index contributed by atoms with van der Waals surface area (Å²) >= 11 is 0. The molecule has 1 heteroatoms. The number of hydrogen-bond acceptors (Lipinski definition) is 0. The molecular weight excluding hydrogens is 266 g/mol. The van der Waals surface area contributed by atoms with Crippen molar-refractivity contribution in [3.8, 4) is 0 Å². The zero-order valence-corrected chi connectivity index (χ0v) is 15.1. The minimum Gasteiger partial charge on any atom is -0.362 e. The average molecular weight is 304 g/mol. The number of H-pyrrole nitrogens is 1. The lowest BCUT2D eigenvalue weighted by Crippen LogP contribution is -1.99. The average Bonchev–Trinajstić information content (AvgIpc) is 2.97. The van der Waals surface area contributed by atoms with Gasteiger partial charge in [0.25, 0.3) is 0 Å². The highest BCUT2D eigenvalue weighted by molar-refractivity contribution is 5.29. The molecular formula is C21H37N. The van der Waals surface area contributed by atoms with Gasteiger partial charge in [0.05, 0.1) is 0 Å². The first-order valence-corrected chi connectivity index (χ1v) is 10.0. The molecule has 1 nitrogen and oxygen atoms in total. The summed E-state index contributed by atoms with van der Waals surface area (Å²) in [6.07, 6.45) is 19.6. The van der Waals surface area contributed by atoms with E-state index in [9.17, 15) is 0 Å². The molecule has 1 heterocycles. The van der Waals surface area contributed by atoms with Gasteiger partial charge in [-0.05, 0) is 49.7 Å². The molecule has 2 rings (SSSR count). The summed E-state index contributed by atoms with van der Waals surface area (Å²) < 4.78 is 0. The van der Waals surface area contributed by atoms with Crippen molar-refractivity contribution in [1.82, 2.24) is 4.98 Å². The van der Waals surface area contributed by atoms with Gasteiger partial charge < -0.3 is 4.98 Å². The number of aromatic amines is 1. The normalized spacial score (nSPS) is 15.7. The van der Waals surface area contributed by atoms with Crippen molar-refractivity contribution in [3.63, 3.8) is 0 Å². The summed E-state index contributed by atoms with van der Waals surface area (Å²) in [5.41, 5.74) is 4.66. The largest absolute Gasteiger partial charge is 0.362 e. The third-order valence-corrected chi connectivity index (χ3v) is 5.41. The van der Waals surface area contributed by atoms with Crippen LogP contribution in [-0.2, 0) is 12.8 Å². The van der Waals surface area contributed by atoms with E-state index in [-0.39, 0.29) is 0 Å². The lowest BCUT2D eigenvalue weighted by atomic mass is 9.96. The first-order valence-electron chi connectivity index (χ1n) is 10.0. The zero-order chi connectivity index (χ0) is 15.6. The number of unbranched alkanes of at least 4 members (excludes halogenated alkanes) is 8. The van der Waals surface area contributed by atoms with Crippen molar-refractivity contribution in [2.45, 2.75) is 110 Å². The molecule has 1 aliphatic rings. The van der Waals surface area contributed by atoms with Crippen LogP contribution in [0.1, 0.15) is 114 Å². The van der Waals surface area contributed by atoms with Gasteiger partial charge in [0, 0.05) is 11.4 Å². The smallest absolute Gasteiger partial charge is 0.0181 e. The second-order valence-corrected chi connectivity index (χ2v) is 7.45. The standard InChI is InChI=1S/C21H37N/c1-3-4-5-6-7-8-9-10-11-14-18(2)21-17-19-15-12-13-16-20(19)22-21/h17-18,22H,3-16H2,1-2H3. The van der Waals surface area contributed by atoms with Crippen molar-refractivity contribution in [2.24, 2.45) is 0 Å². The number of aromatic nitrogens is 1. The van der Waals surface area contributed by atoms with Crippen molar-refractivity contribution < 1.29 is 0 Å². The van der Waals surface area contributed by atoms with Gasteiger partial charge in [-0.2, -0.15) is 0 Å². The van der Waals surface area contributed by atoms with Gasteiger partial charge in [0.1, 0.15) is 0 Å². The molecule has 1 aliphatic carbocycles. The van der Waals surface area contributed by atoms with Crippen LogP contribution in [0.4, 0.5) is 0 Å². The van der Waals surface area contributed by atoms with Crippen LogP contribution in [-0.4, -0.2) is 4.98 Å². The lowest BCUT2D eigenvalue weighted by molar-refractivity contribution is 0.535. The van der Waals surface area contributed by atoms with E-state index in [0.717, 1.165) is 5.92 Å². The quantitative estimate of drug-likeness (QED) is 0.427. The molecule has 1 atom stereocenters. The molecule has 22 heavy (non-hydrogen) atoms. The highest BCUT2D eigenvalue weighted by Crippen LogP contribution is 2.28.